The van der Waals surface area contributed by atoms with Crippen LogP contribution < -0.4 is 4.74 Å². The van der Waals surface area contributed by atoms with Crippen LogP contribution in [0.25, 0.3) is 0 Å². The minimum atomic E-state index is -0.262. The summed E-state index contributed by atoms with van der Waals surface area (Å²) in [6.45, 7) is 0. The summed E-state index contributed by atoms with van der Waals surface area (Å²) >= 11 is 5.32. The van der Waals surface area contributed by atoms with Gasteiger partial charge >= 0.3 is 0 Å². The van der Waals surface area contributed by atoms with E-state index in [-0.39, 0.29) is 10.6 Å². The number of ether oxygens (including phenoxy) is 1. The lowest BCUT2D eigenvalue weighted by molar-refractivity contribution is 0.409. The third-order valence-corrected chi connectivity index (χ3v) is 4.67. The van der Waals surface area contributed by atoms with Gasteiger partial charge in [-0.1, -0.05) is 34.1 Å². The van der Waals surface area contributed by atoms with Crippen molar-refractivity contribution in [2.45, 2.75) is 9.72 Å². The summed E-state index contributed by atoms with van der Waals surface area (Å²) in [4.78, 5) is 1.07. The fourth-order valence-electron chi connectivity index (χ4n) is 1.95. The van der Waals surface area contributed by atoms with Crippen molar-refractivity contribution in [2.24, 2.45) is 0 Å². The number of hydrogen-bond donors (Lipinski definition) is 0. The second-order valence-corrected chi connectivity index (χ2v) is 5.75. The van der Waals surface area contributed by atoms with Gasteiger partial charge in [-0.25, -0.2) is 4.39 Å². The molecule has 0 saturated carbocycles. The molecule has 0 bridgehead atoms. The van der Waals surface area contributed by atoms with Crippen LogP contribution >= 0.6 is 27.7 Å². The summed E-state index contributed by atoms with van der Waals surface area (Å²) in [6, 6.07) is 12.6. The molecule has 0 aromatic heterocycles. The summed E-state index contributed by atoms with van der Waals surface area (Å²) in [5.74, 6) is 0.418. The predicted molar refractivity (Wildman–Crippen MR) is 81.9 cm³/mol. The van der Waals surface area contributed by atoms with E-state index in [1.807, 2.05) is 24.5 Å². The van der Waals surface area contributed by atoms with Gasteiger partial charge in [-0.15, -0.1) is 11.8 Å². The number of thioether (sulfide) groups is 1. The monoisotopic (exact) mass is 340 g/mol. The predicted octanol–water partition coefficient (Wildman–Crippen LogP) is 5.04. The maximum atomic E-state index is 13.5. The molecule has 2 aromatic rings. The van der Waals surface area contributed by atoms with Crippen LogP contribution in [0.4, 0.5) is 4.39 Å². The Morgan fingerprint density at radius 2 is 1.89 bits per heavy atom. The van der Waals surface area contributed by atoms with Crippen LogP contribution in [0.5, 0.6) is 5.75 Å². The highest BCUT2D eigenvalue weighted by molar-refractivity contribution is 9.09. The second kappa shape index (κ2) is 6.44. The van der Waals surface area contributed by atoms with Crippen molar-refractivity contribution in [3.8, 4) is 5.75 Å². The second-order valence-electron chi connectivity index (χ2n) is 3.99. The fraction of sp³-hybridized carbons (Fsp3) is 0.200. The van der Waals surface area contributed by atoms with Crippen LogP contribution in [0, 0.1) is 5.82 Å². The molecule has 100 valence electrons. The zero-order valence-electron chi connectivity index (χ0n) is 10.7. The molecular weight excluding hydrogens is 327 g/mol. The van der Waals surface area contributed by atoms with Gasteiger partial charge in [-0.3, -0.25) is 0 Å². The Morgan fingerprint density at radius 1 is 1.16 bits per heavy atom. The number of halogens is 2. The Hall–Kier alpha value is -1.00. The SMILES string of the molecule is COc1ccc(F)cc1C(Br)c1ccccc1SC. The average molecular weight is 341 g/mol. The third kappa shape index (κ3) is 3.12. The Morgan fingerprint density at radius 3 is 2.58 bits per heavy atom. The number of alkyl halides is 1. The van der Waals surface area contributed by atoms with E-state index >= 15 is 0 Å². The van der Waals surface area contributed by atoms with Crippen LogP contribution in [0.3, 0.4) is 0 Å². The number of rotatable bonds is 4. The molecule has 0 aliphatic carbocycles. The van der Waals surface area contributed by atoms with Gasteiger partial charge in [0.25, 0.3) is 0 Å². The van der Waals surface area contributed by atoms with E-state index in [0.29, 0.717) is 5.75 Å². The molecule has 0 fully saturated rings. The summed E-state index contributed by atoms with van der Waals surface area (Å²) in [6.07, 6.45) is 2.03. The molecular formula is C15H14BrFOS. The maximum Gasteiger partial charge on any atom is 0.123 e. The zero-order valence-corrected chi connectivity index (χ0v) is 13.1. The van der Waals surface area contributed by atoms with Crippen LogP contribution in [0.2, 0.25) is 0 Å². The van der Waals surface area contributed by atoms with Gasteiger partial charge in [-0.05, 0) is 36.1 Å². The lowest BCUT2D eigenvalue weighted by Crippen LogP contribution is -1.99. The van der Waals surface area contributed by atoms with Crippen LogP contribution in [0.1, 0.15) is 16.0 Å². The molecule has 2 rings (SSSR count). The molecule has 0 N–H and O–H groups in total. The summed E-state index contributed by atoms with van der Waals surface area (Å²) < 4.78 is 18.8. The Balaban J connectivity index is 2.49. The minimum absolute atomic E-state index is 0.0956. The molecule has 2 aromatic carbocycles. The van der Waals surface area contributed by atoms with Gasteiger partial charge in [0.05, 0.1) is 11.9 Å². The van der Waals surface area contributed by atoms with Gasteiger partial charge in [0.2, 0.25) is 0 Å². The van der Waals surface area contributed by atoms with Crippen molar-refractivity contribution < 1.29 is 9.13 Å². The molecule has 1 atom stereocenters. The Kier molecular flexibility index (Phi) is 4.88. The van der Waals surface area contributed by atoms with Gasteiger partial charge in [-0.2, -0.15) is 0 Å². The van der Waals surface area contributed by atoms with Gasteiger partial charge < -0.3 is 4.74 Å². The van der Waals surface area contributed by atoms with Crippen LogP contribution in [0.15, 0.2) is 47.4 Å². The van der Waals surface area contributed by atoms with Gasteiger partial charge in [0.1, 0.15) is 11.6 Å². The lowest BCUT2D eigenvalue weighted by atomic mass is 10.0. The molecule has 19 heavy (non-hydrogen) atoms. The van der Waals surface area contributed by atoms with Gasteiger partial charge in [0, 0.05) is 10.5 Å². The topological polar surface area (TPSA) is 9.23 Å². The highest BCUT2D eigenvalue weighted by atomic mass is 79.9. The van der Waals surface area contributed by atoms with E-state index in [4.69, 9.17) is 4.74 Å². The lowest BCUT2D eigenvalue weighted by Gasteiger charge is -2.17. The molecule has 0 amide bonds. The van der Waals surface area contributed by atoms with Gasteiger partial charge in [0.15, 0.2) is 0 Å². The molecule has 4 heteroatoms. The van der Waals surface area contributed by atoms with E-state index in [0.717, 1.165) is 16.0 Å². The summed E-state index contributed by atoms with van der Waals surface area (Å²) in [5, 5.41) is 0. The molecule has 0 heterocycles. The largest absolute Gasteiger partial charge is 0.496 e. The molecule has 0 aliphatic heterocycles. The standard InChI is InChI=1S/C15H14BrFOS/c1-18-13-8-7-10(17)9-12(13)15(16)11-5-3-4-6-14(11)19-2/h3-9,15H,1-2H3. The molecule has 0 saturated heterocycles. The average Bonchev–Trinajstić information content (AvgIpc) is 2.46. The summed E-state index contributed by atoms with van der Waals surface area (Å²) in [5.41, 5.74) is 1.91. The minimum Gasteiger partial charge on any atom is -0.496 e. The third-order valence-electron chi connectivity index (χ3n) is 2.88. The van der Waals surface area contributed by atoms with E-state index in [2.05, 4.69) is 22.0 Å². The van der Waals surface area contributed by atoms with Crippen molar-refractivity contribution in [1.29, 1.82) is 0 Å². The first kappa shape index (κ1) is 14.4. The van der Waals surface area contributed by atoms with Crippen molar-refractivity contribution in [2.75, 3.05) is 13.4 Å². The number of methoxy groups -OCH3 is 1. The fourth-order valence-corrected chi connectivity index (χ4v) is 3.49. The Labute approximate surface area is 125 Å². The highest BCUT2D eigenvalue weighted by Crippen LogP contribution is 2.40. The molecule has 1 nitrogen and oxygen atoms in total. The van der Waals surface area contributed by atoms with Crippen molar-refractivity contribution >= 4 is 27.7 Å². The van der Waals surface area contributed by atoms with Crippen LogP contribution in [-0.4, -0.2) is 13.4 Å². The quantitative estimate of drug-likeness (QED) is 0.569. The van der Waals surface area contributed by atoms with E-state index in [1.165, 1.54) is 12.1 Å². The van der Waals surface area contributed by atoms with Crippen LogP contribution in [-0.2, 0) is 0 Å². The van der Waals surface area contributed by atoms with Crippen molar-refractivity contribution in [3.63, 3.8) is 0 Å². The molecule has 0 aliphatic rings. The first-order chi connectivity index (χ1) is 9.17. The molecule has 0 radical (unpaired) electrons. The number of hydrogen-bond acceptors (Lipinski definition) is 2. The number of benzene rings is 2. The normalized spacial score (nSPS) is 12.2. The van der Waals surface area contributed by atoms with Crippen molar-refractivity contribution in [1.82, 2.24) is 0 Å². The maximum absolute atomic E-state index is 13.5. The van der Waals surface area contributed by atoms with E-state index in [9.17, 15) is 4.39 Å². The summed E-state index contributed by atoms with van der Waals surface area (Å²) in [7, 11) is 1.59. The zero-order chi connectivity index (χ0) is 13.8. The van der Waals surface area contributed by atoms with Crippen molar-refractivity contribution in [3.05, 3.63) is 59.4 Å². The smallest absolute Gasteiger partial charge is 0.123 e. The van der Waals surface area contributed by atoms with E-state index < -0.39 is 0 Å². The molecule has 1 unspecified atom stereocenters. The first-order valence-corrected chi connectivity index (χ1v) is 7.92. The first-order valence-electron chi connectivity index (χ1n) is 5.77. The van der Waals surface area contributed by atoms with E-state index in [1.54, 1.807) is 24.9 Å². The molecule has 0 spiro atoms. The highest BCUT2D eigenvalue weighted by Gasteiger charge is 2.18. The Bertz CT molecular complexity index is 574.